The van der Waals surface area contributed by atoms with Gasteiger partial charge >= 0.3 is 0 Å². The van der Waals surface area contributed by atoms with Gasteiger partial charge in [0.1, 0.15) is 23.2 Å². The van der Waals surface area contributed by atoms with Crippen LogP contribution in [0.1, 0.15) is 30.8 Å². The van der Waals surface area contributed by atoms with Crippen molar-refractivity contribution >= 4 is 11.5 Å². The van der Waals surface area contributed by atoms with E-state index in [0.29, 0.717) is 5.56 Å². The minimum atomic E-state index is -0.280. The molecule has 0 atom stereocenters. The third-order valence-corrected chi connectivity index (χ3v) is 5.17. The second-order valence-corrected chi connectivity index (χ2v) is 7.61. The average molecular weight is 375 g/mol. The molecule has 4 rings (SSSR count). The Morgan fingerprint density at radius 2 is 1.96 bits per heavy atom. The average Bonchev–Trinajstić information content (AvgIpc) is 3.04. The highest BCUT2D eigenvalue weighted by molar-refractivity contribution is 5.77. The van der Waals surface area contributed by atoms with Gasteiger partial charge in [0.2, 0.25) is 0 Å². The van der Waals surface area contributed by atoms with Gasteiger partial charge < -0.3 is 15.2 Å². The predicted molar refractivity (Wildman–Crippen MR) is 108 cm³/mol. The second-order valence-electron chi connectivity index (χ2n) is 7.61. The minimum absolute atomic E-state index is 0.276. The van der Waals surface area contributed by atoms with Crippen LogP contribution in [0.25, 0.3) is 11.3 Å². The molecule has 0 bridgehead atoms. The standard InChI is InChI=1S/C22H22FN5/c1-14-4-9-18(12-16(14)13-24)26-20-19(15-5-7-17(23)8-6-15)27-21-22(2,3)25-10-11-28(20)21/h4-9,12,25-26H,10-11H2,1-3H3. The van der Waals surface area contributed by atoms with Gasteiger partial charge in [-0.05, 0) is 62.7 Å². The van der Waals surface area contributed by atoms with Crippen LogP contribution in [0, 0.1) is 24.1 Å². The van der Waals surface area contributed by atoms with Crippen LogP contribution in [-0.2, 0) is 12.1 Å². The number of nitriles is 1. The number of aryl methyl sites for hydroxylation is 1. The molecular weight excluding hydrogens is 353 g/mol. The van der Waals surface area contributed by atoms with E-state index in [0.717, 1.165) is 47.2 Å². The van der Waals surface area contributed by atoms with Gasteiger partial charge in [-0.25, -0.2) is 9.37 Å². The monoisotopic (exact) mass is 375 g/mol. The molecule has 0 saturated heterocycles. The van der Waals surface area contributed by atoms with E-state index in [9.17, 15) is 9.65 Å². The molecule has 0 amide bonds. The summed E-state index contributed by atoms with van der Waals surface area (Å²) in [6.07, 6.45) is 0. The van der Waals surface area contributed by atoms with Gasteiger partial charge in [0.05, 0.1) is 17.2 Å². The topological polar surface area (TPSA) is 65.7 Å². The van der Waals surface area contributed by atoms with E-state index in [4.69, 9.17) is 4.98 Å². The molecule has 0 saturated carbocycles. The third kappa shape index (κ3) is 3.14. The fourth-order valence-electron chi connectivity index (χ4n) is 3.60. The molecule has 0 fully saturated rings. The zero-order valence-corrected chi connectivity index (χ0v) is 16.2. The molecule has 28 heavy (non-hydrogen) atoms. The van der Waals surface area contributed by atoms with Crippen molar-refractivity contribution in [2.24, 2.45) is 0 Å². The van der Waals surface area contributed by atoms with Crippen molar-refractivity contribution in [3.63, 3.8) is 0 Å². The molecule has 2 N–H and O–H groups in total. The smallest absolute Gasteiger partial charge is 0.138 e. The molecule has 3 aromatic rings. The van der Waals surface area contributed by atoms with Crippen LogP contribution in [0.5, 0.6) is 0 Å². The van der Waals surface area contributed by atoms with E-state index >= 15 is 0 Å². The highest BCUT2D eigenvalue weighted by Gasteiger charge is 2.33. The van der Waals surface area contributed by atoms with Gasteiger partial charge in [0.25, 0.3) is 0 Å². The van der Waals surface area contributed by atoms with Gasteiger partial charge in [-0.15, -0.1) is 0 Å². The van der Waals surface area contributed by atoms with E-state index in [1.54, 1.807) is 12.1 Å². The summed E-state index contributed by atoms with van der Waals surface area (Å²) in [4.78, 5) is 4.91. The normalized spacial score (nSPS) is 15.0. The summed E-state index contributed by atoms with van der Waals surface area (Å²) < 4.78 is 15.6. The quantitative estimate of drug-likeness (QED) is 0.710. The number of imidazole rings is 1. The van der Waals surface area contributed by atoms with Crippen LogP contribution >= 0.6 is 0 Å². The first-order chi connectivity index (χ1) is 13.4. The first-order valence-electron chi connectivity index (χ1n) is 9.29. The molecule has 6 heteroatoms. The van der Waals surface area contributed by atoms with E-state index in [-0.39, 0.29) is 11.4 Å². The summed E-state index contributed by atoms with van der Waals surface area (Å²) in [5.74, 6) is 1.50. The number of nitrogens with zero attached hydrogens (tertiary/aromatic N) is 3. The van der Waals surface area contributed by atoms with E-state index in [2.05, 4.69) is 35.1 Å². The zero-order chi connectivity index (χ0) is 19.9. The van der Waals surface area contributed by atoms with Gasteiger partial charge in [-0.3, -0.25) is 0 Å². The lowest BCUT2D eigenvalue weighted by Gasteiger charge is -2.32. The van der Waals surface area contributed by atoms with Gasteiger partial charge in [-0.2, -0.15) is 5.26 Å². The molecule has 142 valence electrons. The Balaban J connectivity index is 1.86. The zero-order valence-electron chi connectivity index (χ0n) is 16.2. The van der Waals surface area contributed by atoms with Crippen molar-refractivity contribution in [2.75, 3.05) is 11.9 Å². The van der Waals surface area contributed by atoms with Crippen molar-refractivity contribution in [3.05, 3.63) is 65.2 Å². The van der Waals surface area contributed by atoms with E-state index in [1.165, 1.54) is 12.1 Å². The first kappa shape index (κ1) is 18.2. The molecular formula is C22H22FN5. The van der Waals surface area contributed by atoms with Crippen LogP contribution in [0.3, 0.4) is 0 Å². The number of halogens is 1. The SMILES string of the molecule is Cc1ccc(Nc2c(-c3ccc(F)cc3)nc3n2CCNC3(C)C)cc1C#N. The van der Waals surface area contributed by atoms with Crippen LogP contribution in [0.15, 0.2) is 42.5 Å². The Labute approximate surface area is 163 Å². The molecule has 2 aromatic carbocycles. The van der Waals surface area contributed by atoms with Gasteiger partial charge in [0, 0.05) is 24.3 Å². The second kappa shape index (κ2) is 6.77. The number of aromatic nitrogens is 2. The van der Waals surface area contributed by atoms with Crippen LogP contribution in [0.2, 0.25) is 0 Å². The third-order valence-electron chi connectivity index (χ3n) is 5.17. The van der Waals surface area contributed by atoms with Crippen molar-refractivity contribution < 1.29 is 4.39 Å². The van der Waals surface area contributed by atoms with E-state index < -0.39 is 0 Å². The first-order valence-corrected chi connectivity index (χ1v) is 9.29. The maximum atomic E-state index is 13.4. The van der Waals surface area contributed by atoms with E-state index in [1.807, 2.05) is 25.1 Å². The van der Waals surface area contributed by atoms with Crippen molar-refractivity contribution in [1.29, 1.82) is 5.26 Å². The predicted octanol–water partition coefficient (Wildman–Crippen LogP) is 4.45. The van der Waals surface area contributed by atoms with Crippen LogP contribution in [-0.4, -0.2) is 16.1 Å². The highest BCUT2D eigenvalue weighted by Crippen LogP contribution is 2.36. The molecule has 0 unspecified atom stereocenters. The fraction of sp³-hybridized carbons (Fsp3) is 0.273. The Kier molecular flexibility index (Phi) is 4.40. The van der Waals surface area contributed by atoms with Gasteiger partial charge in [0.15, 0.2) is 0 Å². The summed E-state index contributed by atoms with van der Waals surface area (Å²) in [5, 5.41) is 16.3. The van der Waals surface area contributed by atoms with Crippen LogP contribution < -0.4 is 10.6 Å². The lowest BCUT2D eigenvalue weighted by atomic mass is 10.0. The number of hydrogen-bond acceptors (Lipinski definition) is 4. The molecule has 2 heterocycles. The number of nitrogens with one attached hydrogen (secondary N) is 2. The molecule has 0 aliphatic carbocycles. The molecule has 1 aliphatic heterocycles. The highest BCUT2D eigenvalue weighted by atomic mass is 19.1. The summed E-state index contributed by atoms with van der Waals surface area (Å²) in [5.41, 5.74) is 3.73. The molecule has 1 aliphatic rings. The number of benzene rings is 2. The summed E-state index contributed by atoms with van der Waals surface area (Å²) >= 11 is 0. The van der Waals surface area contributed by atoms with Crippen molar-refractivity contribution in [3.8, 4) is 17.3 Å². The van der Waals surface area contributed by atoms with Gasteiger partial charge in [-0.1, -0.05) is 6.07 Å². The maximum absolute atomic E-state index is 13.4. The molecule has 0 spiro atoms. The summed E-state index contributed by atoms with van der Waals surface area (Å²) in [6.45, 7) is 7.71. The van der Waals surface area contributed by atoms with Crippen LogP contribution in [0.4, 0.5) is 15.9 Å². The Hall–Kier alpha value is -3.17. The summed E-state index contributed by atoms with van der Waals surface area (Å²) in [6, 6.07) is 14.3. The number of hydrogen-bond donors (Lipinski definition) is 2. The minimum Gasteiger partial charge on any atom is -0.340 e. The Morgan fingerprint density at radius 1 is 1.21 bits per heavy atom. The maximum Gasteiger partial charge on any atom is 0.138 e. The Bertz CT molecular complexity index is 1070. The fourth-order valence-corrected chi connectivity index (χ4v) is 3.60. The summed E-state index contributed by atoms with van der Waals surface area (Å²) in [7, 11) is 0. The largest absolute Gasteiger partial charge is 0.340 e. The molecule has 5 nitrogen and oxygen atoms in total. The lowest BCUT2D eigenvalue weighted by Crippen LogP contribution is -2.45. The molecule has 1 aromatic heterocycles. The Morgan fingerprint density at radius 3 is 2.68 bits per heavy atom. The lowest BCUT2D eigenvalue weighted by molar-refractivity contribution is 0.317. The number of rotatable bonds is 3. The number of anilines is 2. The number of fused-ring (bicyclic) bond motifs is 1. The van der Waals surface area contributed by atoms with Crippen molar-refractivity contribution in [1.82, 2.24) is 14.9 Å². The molecule has 0 radical (unpaired) electrons. The van der Waals surface area contributed by atoms with Crippen molar-refractivity contribution in [2.45, 2.75) is 32.9 Å².